The summed E-state index contributed by atoms with van der Waals surface area (Å²) in [6.07, 6.45) is 4.32. The highest BCUT2D eigenvalue weighted by Gasteiger charge is 2.17. The van der Waals surface area contributed by atoms with E-state index in [1.807, 2.05) is 23.9 Å². The Bertz CT molecular complexity index is 567. The number of nitrogens with one attached hydrogen (secondary N) is 1. The highest BCUT2D eigenvalue weighted by molar-refractivity contribution is 8.00. The summed E-state index contributed by atoms with van der Waals surface area (Å²) in [5.74, 6) is 0.887. The quantitative estimate of drug-likeness (QED) is 0.900. The minimum Gasteiger partial charge on any atom is -0.497 e. The number of hydrogen-bond donors (Lipinski definition) is 1. The van der Waals surface area contributed by atoms with E-state index in [2.05, 4.69) is 53.9 Å². The normalized spacial score (nSPS) is 17.2. The monoisotopic (exact) mass is 269 g/mol. The van der Waals surface area contributed by atoms with E-state index in [0.29, 0.717) is 5.37 Å². The molecule has 1 aliphatic rings. The van der Waals surface area contributed by atoms with Crippen LogP contribution in [0, 0.1) is 0 Å². The molecular formula is C16H15NOS. The number of fused-ring (bicyclic) bond motifs is 1. The predicted molar refractivity (Wildman–Crippen MR) is 81.7 cm³/mol. The number of benzene rings is 2. The predicted octanol–water partition coefficient (Wildman–Crippen LogP) is 4.25. The third-order valence-corrected chi connectivity index (χ3v) is 4.16. The largest absolute Gasteiger partial charge is 0.497 e. The molecule has 3 heteroatoms. The number of rotatable bonds is 3. The van der Waals surface area contributed by atoms with Gasteiger partial charge >= 0.3 is 0 Å². The summed E-state index contributed by atoms with van der Waals surface area (Å²) in [4.78, 5) is 1.31. The number of ether oxygens (including phenoxy) is 1. The van der Waals surface area contributed by atoms with Crippen LogP contribution in [0.1, 0.15) is 5.56 Å². The lowest BCUT2D eigenvalue weighted by Crippen LogP contribution is -2.05. The molecule has 3 rings (SSSR count). The SMILES string of the molecule is COc1ccc(/C=C/[C@@H]2Nc3ccccc3S2)cc1. The van der Waals surface area contributed by atoms with Crippen molar-refractivity contribution in [3.63, 3.8) is 0 Å². The van der Waals surface area contributed by atoms with Gasteiger partial charge in [0, 0.05) is 10.6 Å². The molecule has 0 bridgehead atoms. The molecule has 1 aliphatic heterocycles. The molecule has 1 N–H and O–H groups in total. The van der Waals surface area contributed by atoms with Crippen LogP contribution in [0.15, 0.2) is 59.5 Å². The van der Waals surface area contributed by atoms with Crippen LogP contribution in [0.25, 0.3) is 6.08 Å². The van der Waals surface area contributed by atoms with Crippen LogP contribution in [0.2, 0.25) is 0 Å². The zero-order valence-corrected chi connectivity index (χ0v) is 11.5. The van der Waals surface area contributed by atoms with Gasteiger partial charge in [-0.05, 0) is 29.8 Å². The molecule has 0 aliphatic carbocycles. The minimum absolute atomic E-state index is 0.305. The molecule has 0 amide bonds. The van der Waals surface area contributed by atoms with Gasteiger partial charge in [0.15, 0.2) is 0 Å². The summed E-state index contributed by atoms with van der Waals surface area (Å²) in [6, 6.07) is 16.5. The highest BCUT2D eigenvalue weighted by atomic mass is 32.2. The number of para-hydroxylation sites is 1. The highest BCUT2D eigenvalue weighted by Crippen LogP contribution is 2.38. The molecule has 2 aromatic rings. The van der Waals surface area contributed by atoms with E-state index in [9.17, 15) is 0 Å². The Hall–Kier alpha value is -1.87. The first-order valence-electron chi connectivity index (χ1n) is 6.19. The maximum Gasteiger partial charge on any atom is 0.118 e. The van der Waals surface area contributed by atoms with Crippen LogP contribution < -0.4 is 10.1 Å². The fourth-order valence-corrected chi connectivity index (χ4v) is 3.04. The van der Waals surface area contributed by atoms with Gasteiger partial charge < -0.3 is 10.1 Å². The van der Waals surface area contributed by atoms with Crippen molar-refractivity contribution >= 4 is 23.5 Å². The van der Waals surface area contributed by atoms with Gasteiger partial charge in [0.1, 0.15) is 5.75 Å². The van der Waals surface area contributed by atoms with Crippen LogP contribution in [0.3, 0.4) is 0 Å². The van der Waals surface area contributed by atoms with Crippen LogP contribution in [0.5, 0.6) is 5.75 Å². The summed E-state index contributed by atoms with van der Waals surface area (Å²) in [6.45, 7) is 0. The molecule has 0 unspecified atom stereocenters. The second kappa shape index (κ2) is 5.41. The third kappa shape index (κ3) is 2.76. The average Bonchev–Trinajstić information content (AvgIpc) is 2.88. The molecule has 0 spiro atoms. The molecule has 1 heterocycles. The Morgan fingerprint density at radius 1 is 1.11 bits per heavy atom. The van der Waals surface area contributed by atoms with Gasteiger partial charge in [-0.3, -0.25) is 0 Å². The Morgan fingerprint density at radius 3 is 2.63 bits per heavy atom. The van der Waals surface area contributed by atoms with Crippen LogP contribution >= 0.6 is 11.8 Å². The molecular weight excluding hydrogens is 254 g/mol. The van der Waals surface area contributed by atoms with Crippen molar-refractivity contribution < 1.29 is 4.74 Å². The van der Waals surface area contributed by atoms with Crippen LogP contribution in [0.4, 0.5) is 5.69 Å². The molecule has 2 aromatic carbocycles. The van der Waals surface area contributed by atoms with Crippen molar-refractivity contribution in [3.05, 3.63) is 60.2 Å². The second-order valence-corrected chi connectivity index (χ2v) is 5.49. The first-order chi connectivity index (χ1) is 9.35. The van der Waals surface area contributed by atoms with Crippen molar-refractivity contribution in [1.82, 2.24) is 0 Å². The number of hydrogen-bond acceptors (Lipinski definition) is 3. The maximum atomic E-state index is 5.15. The van der Waals surface area contributed by atoms with Crippen molar-refractivity contribution in [1.29, 1.82) is 0 Å². The van der Waals surface area contributed by atoms with Gasteiger partial charge in [0.2, 0.25) is 0 Å². The van der Waals surface area contributed by atoms with Gasteiger partial charge in [-0.1, -0.05) is 48.2 Å². The van der Waals surface area contributed by atoms with Crippen LogP contribution in [-0.4, -0.2) is 12.5 Å². The van der Waals surface area contributed by atoms with Gasteiger partial charge in [0.25, 0.3) is 0 Å². The Balaban J connectivity index is 1.68. The van der Waals surface area contributed by atoms with Crippen molar-refractivity contribution in [2.45, 2.75) is 10.3 Å². The Kier molecular flexibility index (Phi) is 3.47. The van der Waals surface area contributed by atoms with E-state index in [-0.39, 0.29) is 0 Å². The third-order valence-electron chi connectivity index (χ3n) is 3.02. The molecule has 0 fully saturated rings. The second-order valence-electron chi connectivity index (χ2n) is 4.31. The van der Waals surface area contributed by atoms with Crippen molar-refractivity contribution in [2.24, 2.45) is 0 Å². The molecule has 2 nitrogen and oxygen atoms in total. The van der Waals surface area contributed by atoms with E-state index in [1.165, 1.54) is 16.1 Å². The minimum atomic E-state index is 0.305. The van der Waals surface area contributed by atoms with E-state index in [1.54, 1.807) is 7.11 Å². The molecule has 0 aromatic heterocycles. The molecule has 0 saturated carbocycles. The Labute approximate surface area is 117 Å². The molecule has 0 saturated heterocycles. The zero-order chi connectivity index (χ0) is 13.1. The van der Waals surface area contributed by atoms with Crippen LogP contribution in [-0.2, 0) is 0 Å². The fourth-order valence-electron chi connectivity index (χ4n) is 2.01. The first-order valence-corrected chi connectivity index (χ1v) is 7.07. The smallest absolute Gasteiger partial charge is 0.118 e. The van der Waals surface area contributed by atoms with E-state index < -0.39 is 0 Å². The van der Waals surface area contributed by atoms with E-state index in [0.717, 1.165) is 5.75 Å². The molecule has 1 atom stereocenters. The maximum absolute atomic E-state index is 5.15. The topological polar surface area (TPSA) is 21.3 Å². The first kappa shape index (κ1) is 12.2. The summed E-state index contributed by atoms with van der Waals surface area (Å²) in [5.41, 5.74) is 2.40. The molecule has 0 radical (unpaired) electrons. The lowest BCUT2D eigenvalue weighted by atomic mass is 10.2. The number of methoxy groups -OCH3 is 1. The molecule has 96 valence electrons. The number of anilines is 1. The zero-order valence-electron chi connectivity index (χ0n) is 10.7. The van der Waals surface area contributed by atoms with Gasteiger partial charge in [-0.2, -0.15) is 0 Å². The lowest BCUT2D eigenvalue weighted by Gasteiger charge is -2.04. The number of thioether (sulfide) groups is 1. The summed E-state index contributed by atoms with van der Waals surface area (Å²) < 4.78 is 5.15. The fraction of sp³-hybridized carbons (Fsp3) is 0.125. The summed E-state index contributed by atoms with van der Waals surface area (Å²) >= 11 is 1.84. The van der Waals surface area contributed by atoms with Gasteiger partial charge in [-0.25, -0.2) is 0 Å². The van der Waals surface area contributed by atoms with E-state index in [4.69, 9.17) is 4.74 Å². The summed E-state index contributed by atoms with van der Waals surface area (Å²) in [7, 11) is 1.68. The van der Waals surface area contributed by atoms with Gasteiger partial charge in [0.05, 0.1) is 12.5 Å². The van der Waals surface area contributed by atoms with Gasteiger partial charge in [-0.15, -0.1) is 0 Å². The lowest BCUT2D eigenvalue weighted by molar-refractivity contribution is 0.415. The van der Waals surface area contributed by atoms with E-state index >= 15 is 0 Å². The molecule has 19 heavy (non-hydrogen) atoms. The summed E-state index contributed by atoms with van der Waals surface area (Å²) in [5, 5.41) is 3.78. The average molecular weight is 269 g/mol. The van der Waals surface area contributed by atoms with Crippen molar-refractivity contribution in [3.8, 4) is 5.75 Å². The van der Waals surface area contributed by atoms with Crippen molar-refractivity contribution in [2.75, 3.05) is 12.4 Å². The standard InChI is InChI=1S/C16H15NOS/c1-18-13-9-6-12(7-10-13)8-11-16-17-14-4-2-3-5-15(14)19-16/h2-11,16-17H,1H3/b11-8+/t16-/m1/s1. The Morgan fingerprint density at radius 2 is 1.89 bits per heavy atom.